The van der Waals surface area contributed by atoms with Gasteiger partial charge in [-0.1, -0.05) is 71.7 Å². The fraction of sp³-hybridized carbons (Fsp3) is 0.0625. The van der Waals surface area contributed by atoms with Crippen molar-refractivity contribution in [3.8, 4) is 11.1 Å². The van der Waals surface area contributed by atoms with Gasteiger partial charge in [-0.3, -0.25) is 9.59 Å². The van der Waals surface area contributed by atoms with Gasteiger partial charge in [0.25, 0.3) is 0 Å². The van der Waals surface area contributed by atoms with Gasteiger partial charge in [0.05, 0.1) is 0 Å². The normalized spacial score (nSPS) is 11.2. The van der Waals surface area contributed by atoms with E-state index in [0.29, 0.717) is 10.0 Å². The van der Waals surface area contributed by atoms with Crippen molar-refractivity contribution in [1.29, 1.82) is 0 Å². The molecule has 0 aliphatic rings. The van der Waals surface area contributed by atoms with Crippen LogP contribution < -0.4 is 10.6 Å². The maximum Gasteiger partial charge on any atom is 0.248 e. The van der Waals surface area contributed by atoms with Crippen LogP contribution in [0.1, 0.15) is 22.3 Å². The first-order valence-electron chi connectivity index (χ1n) is 12.0. The average Bonchev–Trinajstić information content (AvgIpc) is 2.90. The Hall–Kier alpha value is -4.12. The maximum absolute atomic E-state index is 12.4. The zero-order valence-electron chi connectivity index (χ0n) is 21.0. The van der Waals surface area contributed by atoms with E-state index in [1.165, 1.54) is 12.2 Å². The van der Waals surface area contributed by atoms with E-state index in [2.05, 4.69) is 10.6 Å². The van der Waals surface area contributed by atoms with Gasteiger partial charge in [0.2, 0.25) is 11.8 Å². The van der Waals surface area contributed by atoms with Gasteiger partial charge in [-0.05, 0) is 95.8 Å². The molecule has 0 atom stereocenters. The van der Waals surface area contributed by atoms with Gasteiger partial charge in [-0.15, -0.1) is 0 Å². The van der Waals surface area contributed by atoms with E-state index in [4.69, 9.17) is 23.2 Å². The molecule has 0 saturated carbocycles. The Morgan fingerprint density at radius 3 is 1.37 bits per heavy atom. The van der Waals surface area contributed by atoms with Crippen LogP contribution in [0.25, 0.3) is 23.3 Å². The highest BCUT2D eigenvalue weighted by atomic mass is 35.5. The van der Waals surface area contributed by atoms with Gasteiger partial charge >= 0.3 is 0 Å². The van der Waals surface area contributed by atoms with E-state index in [1.807, 2.05) is 86.6 Å². The molecule has 4 aromatic carbocycles. The molecule has 0 bridgehead atoms. The Labute approximate surface area is 232 Å². The van der Waals surface area contributed by atoms with Crippen LogP contribution in [0.3, 0.4) is 0 Å². The number of rotatable bonds is 7. The van der Waals surface area contributed by atoms with E-state index in [0.717, 1.165) is 44.8 Å². The number of aryl methyl sites for hydroxylation is 2. The highest BCUT2D eigenvalue weighted by Crippen LogP contribution is 2.28. The summed E-state index contributed by atoms with van der Waals surface area (Å²) >= 11 is 12.3. The Morgan fingerprint density at radius 2 is 1.00 bits per heavy atom. The minimum absolute atomic E-state index is 0.236. The molecule has 4 nitrogen and oxygen atoms in total. The van der Waals surface area contributed by atoms with Crippen LogP contribution in [0.15, 0.2) is 97.1 Å². The third-order valence-electron chi connectivity index (χ3n) is 5.94. The number of halogens is 2. The smallest absolute Gasteiger partial charge is 0.248 e. The molecule has 0 saturated heterocycles. The second-order valence-corrected chi connectivity index (χ2v) is 9.56. The lowest BCUT2D eigenvalue weighted by Gasteiger charge is -2.12. The standard InChI is InChI=1S/C32H26Cl2N2O2/c1-21-19-25(11-15-29(21)35-31(37)17-13-23-7-3-5-9-27(23)33)26-12-16-30(22(2)20-26)36-32(38)18-14-24-8-4-6-10-28(24)34/h3-20H,1-2H3,(H,35,37)(H,36,38). The molecule has 0 fully saturated rings. The van der Waals surface area contributed by atoms with Crippen molar-refractivity contribution < 1.29 is 9.59 Å². The van der Waals surface area contributed by atoms with Crippen molar-refractivity contribution >= 4 is 58.5 Å². The molecule has 0 spiro atoms. The molecule has 38 heavy (non-hydrogen) atoms. The van der Waals surface area contributed by atoms with Gasteiger partial charge in [-0.2, -0.15) is 0 Å². The molecule has 2 amide bonds. The van der Waals surface area contributed by atoms with Crippen LogP contribution in [0.4, 0.5) is 11.4 Å². The van der Waals surface area contributed by atoms with Crippen molar-refractivity contribution in [3.63, 3.8) is 0 Å². The van der Waals surface area contributed by atoms with Crippen LogP contribution in [-0.2, 0) is 9.59 Å². The van der Waals surface area contributed by atoms with E-state index in [1.54, 1.807) is 24.3 Å². The summed E-state index contributed by atoms with van der Waals surface area (Å²) in [5.41, 5.74) is 6.90. The Balaban J connectivity index is 1.41. The molecule has 0 radical (unpaired) electrons. The van der Waals surface area contributed by atoms with Crippen molar-refractivity contribution in [3.05, 3.63) is 129 Å². The molecule has 0 aromatic heterocycles. The molecule has 0 unspecified atom stereocenters. The summed E-state index contributed by atoms with van der Waals surface area (Å²) in [7, 11) is 0. The lowest BCUT2D eigenvalue weighted by Crippen LogP contribution is -2.09. The van der Waals surface area contributed by atoms with Crippen molar-refractivity contribution in [2.45, 2.75) is 13.8 Å². The summed E-state index contributed by atoms with van der Waals surface area (Å²) in [4.78, 5) is 24.9. The third kappa shape index (κ3) is 7.00. The summed E-state index contributed by atoms with van der Waals surface area (Å²) in [6.45, 7) is 3.90. The molecule has 0 aliphatic heterocycles. The van der Waals surface area contributed by atoms with Gasteiger partial charge in [-0.25, -0.2) is 0 Å². The van der Waals surface area contributed by atoms with E-state index in [-0.39, 0.29) is 11.8 Å². The number of benzene rings is 4. The monoisotopic (exact) mass is 540 g/mol. The first-order chi connectivity index (χ1) is 18.3. The van der Waals surface area contributed by atoms with Crippen molar-refractivity contribution in [1.82, 2.24) is 0 Å². The quantitative estimate of drug-likeness (QED) is 0.230. The number of nitrogens with one attached hydrogen (secondary N) is 2. The Kier molecular flexibility index (Phi) is 8.80. The lowest BCUT2D eigenvalue weighted by molar-refractivity contribution is -0.112. The van der Waals surface area contributed by atoms with E-state index < -0.39 is 0 Å². The van der Waals surface area contributed by atoms with Crippen LogP contribution in [0, 0.1) is 13.8 Å². The predicted octanol–water partition coefficient (Wildman–Crippen LogP) is 8.58. The number of hydrogen-bond donors (Lipinski definition) is 2. The number of carbonyl (C=O) groups is 2. The van der Waals surface area contributed by atoms with E-state index in [9.17, 15) is 9.59 Å². The van der Waals surface area contributed by atoms with Crippen LogP contribution in [0.5, 0.6) is 0 Å². The molecular formula is C32H26Cl2N2O2. The molecule has 4 aromatic rings. The Bertz CT molecular complexity index is 1440. The first-order valence-corrected chi connectivity index (χ1v) is 12.7. The van der Waals surface area contributed by atoms with Crippen LogP contribution in [-0.4, -0.2) is 11.8 Å². The summed E-state index contributed by atoms with van der Waals surface area (Å²) in [6.07, 6.45) is 6.32. The second kappa shape index (κ2) is 12.4. The van der Waals surface area contributed by atoms with Crippen LogP contribution >= 0.6 is 23.2 Å². The Morgan fingerprint density at radius 1 is 0.605 bits per heavy atom. The summed E-state index contributed by atoms with van der Waals surface area (Å²) in [6, 6.07) is 26.4. The highest BCUT2D eigenvalue weighted by molar-refractivity contribution is 6.32. The third-order valence-corrected chi connectivity index (χ3v) is 6.63. The molecular weight excluding hydrogens is 515 g/mol. The number of anilines is 2. The summed E-state index contributed by atoms with van der Waals surface area (Å²) in [5, 5.41) is 7.01. The van der Waals surface area contributed by atoms with Gasteiger partial charge in [0.1, 0.15) is 0 Å². The minimum Gasteiger partial charge on any atom is -0.322 e. The highest BCUT2D eigenvalue weighted by Gasteiger charge is 2.08. The summed E-state index contributed by atoms with van der Waals surface area (Å²) in [5.74, 6) is -0.472. The molecule has 0 aliphatic carbocycles. The topological polar surface area (TPSA) is 58.2 Å². The zero-order valence-corrected chi connectivity index (χ0v) is 22.5. The summed E-state index contributed by atoms with van der Waals surface area (Å²) < 4.78 is 0. The fourth-order valence-corrected chi connectivity index (χ4v) is 4.26. The van der Waals surface area contributed by atoms with Crippen molar-refractivity contribution in [2.75, 3.05) is 10.6 Å². The predicted molar refractivity (Wildman–Crippen MR) is 160 cm³/mol. The number of hydrogen-bond acceptors (Lipinski definition) is 2. The second-order valence-electron chi connectivity index (χ2n) is 8.75. The number of carbonyl (C=O) groups excluding carboxylic acids is 2. The molecule has 190 valence electrons. The van der Waals surface area contributed by atoms with Crippen LogP contribution in [0.2, 0.25) is 10.0 Å². The average molecular weight is 541 g/mol. The van der Waals surface area contributed by atoms with Crippen molar-refractivity contribution in [2.24, 2.45) is 0 Å². The van der Waals surface area contributed by atoms with Gasteiger partial charge < -0.3 is 10.6 Å². The lowest BCUT2D eigenvalue weighted by atomic mass is 10.00. The minimum atomic E-state index is -0.236. The van der Waals surface area contributed by atoms with Gasteiger partial charge in [0.15, 0.2) is 0 Å². The van der Waals surface area contributed by atoms with Gasteiger partial charge in [0, 0.05) is 33.6 Å². The SMILES string of the molecule is Cc1cc(-c2ccc(NC(=O)C=Cc3ccccc3Cl)c(C)c2)ccc1NC(=O)C=Cc1ccccc1Cl. The van der Waals surface area contributed by atoms with E-state index >= 15 is 0 Å². The fourth-order valence-electron chi connectivity index (χ4n) is 3.87. The first kappa shape index (κ1) is 26.9. The molecule has 0 heterocycles. The molecule has 2 N–H and O–H groups in total. The number of amides is 2. The zero-order chi connectivity index (χ0) is 27.1. The molecule has 4 rings (SSSR count). The largest absolute Gasteiger partial charge is 0.322 e. The maximum atomic E-state index is 12.4. The molecule has 6 heteroatoms.